The third-order valence-corrected chi connectivity index (χ3v) is 8.75. The van der Waals surface area contributed by atoms with E-state index in [-0.39, 0.29) is 0 Å². The lowest BCUT2D eigenvalue weighted by Crippen LogP contribution is -2.45. The normalized spacial score (nSPS) is 27.8. The van der Waals surface area contributed by atoms with Crippen molar-refractivity contribution < 1.29 is 0 Å². The number of rotatable bonds is 5. The zero-order chi connectivity index (χ0) is 15.6. The highest BCUT2D eigenvalue weighted by Gasteiger charge is 2.32. The minimum absolute atomic E-state index is 0.508. The average Bonchev–Trinajstić information content (AvgIpc) is 2.68. The van der Waals surface area contributed by atoms with E-state index in [1.165, 1.54) is 15.9 Å². The standard InChI is InChI=1S/C15H26BrN3S2/c1-6-17-12(14-8-20-10(3)11(4)21-14)7-13-15(16)9(2)18-19(13)5/h10-12,14,17H,6-8H2,1-5H3. The molecule has 3 nitrogen and oxygen atoms in total. The Morgan fingerprint density at radius 2 is 2.14 bits per heavy atom. The lowest BCUT2D eigenvalue weighted by atomic mass is 10.1. The average molecular weight is 392 g/mol. The number of hydrogen-bond donors (Lipinski definition) is 1. The summed E-state index contributed by atoms with van der Waals surface area (Å²) in [5, 5.41) is 10.4. The van der Waals surface area contributed by atoms with Crippen molar-refractivity contribution in [1.82, 2.24) is 15.1 Å². The van der Waals surface area contributed by atoms with E-state index in [4.69, 9.17) is 0 Å². The maximum absolute atomic E-state index is 4.53. The summed E-state index contributed by atoms with van der Waals surface area (Å²) < 4.78 is 3.19. The molecule has 1 aliphatic rings. The van der Waals surface area contributed by atoms with Crippen molar-refractivity contribution in [1.29, 1.82) is 0 Å². The Morgan fingerprint density at radius 3 is 2.67 bits per heavy atom. The van der Waals surface area contributed by atoms with Crippen LogP contribution < -0.4 is 5.32 Å². The van der Waals surface area contributed by atoms with Crippen molar-refractivity contribution in [2.45, 2.75) is 55.9 Å². The van der Waals surface area contributed by atoms with Gasteiger partial charge in [-0.1, -0.05) is 20.8 Å². The molecule has 2 rings (SSSR count). The van der Waals surface area contributed by atoms with Crippen LogP contribution in [0.5, 0.6) is 0 Å². The van der Waals surface area contributed by atoms with Crippen LogP contribution in [-0.4, -0.2) is 43.9 Å². The summed E-state index contributed by atoms with van der Waals surface area (Å²) in [7, 11) is 2.05. The molecule has 0 aromatic carbocycles. The molecule has 1 aliphatic heterocycles. The SMILES string of the molecule is CCNC(Cc1c(Br)c(C)nn1C)C1CSC(C)C(C)S1. The lowest BCUT2D eigenvalue weighted by molar-refractivity contribution is 0.503. The molecule has 0 spiro atoms. The van der Waals surface area contributed by atoms with Crippen LogP contribution in [0.3, 0.4) is 0 Å². The minimum Gasteiger partial charge on any atom is -0.313 e. The van der Waals surface area contributed by atoms with Crippen molar-refractivity contribution in [2.75, 3.05) is 12.3 Å². The molecule has 6 heteroatoms. The second kappa shape index (κ2) is 7.75. The fourth-order valence-electron chi connectivity index (χ4n) is 2.73. The van der Waals surface area contributed by atoms with E-state index in [9.17, 15) is 0 Å². The first-order valence-corrected chi connectivity index (χ1v) is 10.4. The number of hydrogen-bond acceptors (Lipinski definition) is 4. The van der Waals surface area contributed by atoms with E-state index < -0.39 is 0 Å². The number of likely N-dealkylation sites (N-methyl/N-ethyl adjacent to an activating group) is 1. The van der Waals surface area contributed by atoms with Crippen molar-refractivity contribution in [3.8, 4) is 0 Å². The Hall–Kier alpha value is 0.350. The van der Waals surface area contributed by atoms with Crippen molar-refractivity contribution in [2.24, 2.45) is 7.05 Å². The zero-order valence-electron chi connectivity index (χ0n) is 13.5. The second-order valence-corrected chi connectivity index (χ2v) is 9.58. The summed E-state index contributed by atoms with van der Waals surface area (Å²) in [6.07, 6.45) is 1.03. The molecule has 0 amide bonds. The Kier molecular flexibility index (Phi) is 6.53. The first-order chi connectivity index (χ1) is 9.93. The Labute approximate surface area is 145 Å². The van der Waals surface area contributed by atoms with E-state index >= 15 is 0 Å². The van der Waals surface area contributed by atoms with Crippen molar-refractivity contribution in [3.63, 3.8) is 0 Å². The fraction of sp³-hybridized carbons (Fsp3) is 0.800. The van der Waals surface area contributed by atoms with Gasteiger partial charge in [-0.15, -0.1) is 0 Å². The van der Waals surface area contributed by atoms with Gasteiger partial charge in [0.2, 0.25) is 0 Å². The van der Waals surface area contributed by atoms with Crippen molar-refractivity contribution >= 4 is 39.5 Å². The van der Waals surface area contributed by atoms with Crippen LogP contribution in [0.15, 0.2) is 4.47 Å². The third kappa shape index (κ3) is 4.21. The molecule has 120 valence electrons. The summed E-state index contributed by atoms with van der Waals surface area (Å²) in [5.74, 6) is 1.24. The number of nitrogens with zero attached hydrogens (tertiary/aromatic N) is 2. The first kappa shape index (κ1) is 17.7. The molecule has 0 radical (unpaired) electrons. The van der Waals surface area contributed by atoms with Crippen LogP contribution in [-0.2, 0) is 13.5 Å². The predicted molar refractivity (Wildman–Crippen MR) is 99.6 cm³/mol. The van der Waals surface area contributed by atoms with E-state index in [2.05, 4.69) is 77.6 Å². The Morgan fingerprint density at radius 1 is 1.43 bits per heavy atom. The third-order valence-electron chi connectivity index (χ3n) is 4.16. The van der Waals surface area contributed by atoms with Gasteiger partial charge in [0.15, 0.2) is 0 Å². The van der Waals surface area contributed by atoms with Gasteiger partial charge >= 0.3 is 0 Å². The van der Waals surface area contributed by atoms with Crippen LogP contribution >= 0.6 is 39.5 Å². The molecule has 2 heterocycles. The maximum atomic E-state index is 4.53. The number of halogens is 1. The number of thioether (sulfide) groups is 2. The van der Waals surface area contributed by atoms with Crippen LogP contribution in [0.1, 0.15) is 32.2 Å². The molecule has 21 heavy (non-hydrogen) atoms. The second-order valence-electron chi connectivity index (χ2n) is 5.76. The van der Waals surface area contributed by atoms with E-state index in [0.717, 1.165) is 29.2 Å². The molecule has 4 unspecified atom stereocenters. The summed E-state index contributed by atoms with van der Waals surface area (Å²) in [4.78, 5) is 0. The highest BCUT2D eigenvalue weighted by atomic mass is 79.9. The largest absolute Gasteiger partial charge is 0.313 e. The Bertz CT molecular complexity index is 478. The molecular formula is C15H26BrN3S2. The summed E-state index contributed by atoms with van der Waals surface area (Å²) in [6.45, 7) is 9.99. The summed E-state index contributed by atoms with van der Waals surface area (Å²) >= 11 is 7.97. The highest BCUT2D eigenvalue weighted by Crippen LogP contribution is 2.38. The van der Waals surface area contributed by atoms with Gasteiger partial charge < -0.3 is 5.32 Å². The van der Waals surface area contributed by atoms with Gasteiger partial charge in [-0.3, -0.25) is 4.68 Å². The van der Waals surface area contributed by atoms with Gasteiger partial charge in [-0.25, -0.2) is 0 Å². The first-order valence-electron chi connectivity index (χ1n) is 7.62. The molecule has 0 saturated carbocycles. The van der Waals surface area contributed by atoms with Crippen LogP contribution in [0.2, 0.25) is 0 Å². The quantitative estimate of drug-likeness (QED) is 0.829. The predicted octanol–water partition coefficient (Wildman–Crippen LogP) is 3.64. The molecule has 1 fully saturated rings. The minimum atomic E-state index is 0.508. The number of nitrogens with one attached hydrogen (secondary N) is 1. The molecule has 4 atom stereocenters. The monoisotopic (exact) mass is 391 g/mol. The van der Waals surface area contributed by atoms with Gasteiger partial charge in [0.05, 0.1) is 15.9 Å². The lowest BCUT2D eigenvalue weighted by Gasteiger charge is -2.36. The Balaban J connectivity index is 2.12. The molecule has 1 aromatic rings. The maximum Gasteiger partial charge on any atom is 0.0738 e. The van der Waals surface area contributed by atoms with E-state index in [1.54, 1.807) is 0 Å². The van der Waals surface area contributed by atoms with Crippen LogP contribution in [0.25, 0.3) is 0 Å². The topological polar surface area (TPSA) is 29.9 Å². The summed E-state index contributed by atoms with van der Waals surface area (Å²) in [5.41, 5.74) is 2.38. The smallest absolute Gasteiger partial charge is 0.0738 e. The van der Waals surface area contributed by atoms with Gasteiger partial charge in [0.1, 0.15) is 0 Å². The fourth-order valence-corrected chi connectivity index (χ4v) is 6.35. The number of aryl methyl sites for hydroxylation is 2. The molecule has 1 N–H and O–H groups in total. The number of aromatic nitrogens is 2. The molecule has 0 aliphatic carbocycles. The summed E-state index contributed by atoms with van der Waals surface area (Å²) in [6, 6.07) is 0.508. The highest BCUT2D eigenvalue weighted by molar-refractivity contribution is 9.10. The molecule has 1 saturated heterocycles. The van der Waals surface area contributed by atoms with Crippen molar-refractivity contribution in [3.05, 3.63) is 15.9 Å². The molecular weight excluding hydrogens is 366 g/mol. The van der Waals surface area contributed by atoms with E-state index in [1.807, 2.05) is 11.7 Å². The zero-order valence-corrected chi connectivity index (χ0v) is 16.7. The van der Waals surface area contributed by atoms with Crippen LogP contribution in [0.4, 0.5) is 0 Å². The van der Waals surface area contributed by atoms with Crippen LogP contribution in [0, 0.1) is 6.92 Å². The van der Waals surface area contributed by atoms with Gasteiger partial charge in [-0.2, -0.15) is 28.6 Å². The van der Waals surface area contributed by atoms with Gasteiger partial charge in [0, 0.05) is 41.0 Å². The van der Waals surface area contributed by atoms with E-state index in [0.29, 0.717) is 11.3 Å². The van der Waals surface area contributed by atoms with Gasteiger partial charge in [-0.05, 0) is 29.4 Å². The molecule has 1 aromatic heterocycles. The molecule has 0 bridgehead atoms. The van der Waals surface area contributed by atoms with Gasteiger partial charge in [0.25, 0.3) is 0 Å².